The van der Waals surface area contributed by atoms with Crippen LogP contribution in [-0.2, 0) is 28.9 Å². The molecule has 0 unspecified atom stereocenters. The number of benzene rings is 2. The molecule has 0 saturated carbocycles. The zero-order chi connectivity index (χ0) is 19.9. The molecule has 1 amide bonds. The van der Waals surface area contributed by atoms with E-state index in [4.69, 9.17) is 14.3 Å². The zero-order valence-electron chi connectivity index (χ0n) is 16.6. The number of oxime groups is 1. The van der Waals surface area contributed by atoms with Gasteiger partial charge in [-0.3, -0.25) is 4.79 Å². The van der Waals surface area contributed by atoms with Gasteiger partial charge in [0.25, 0.3) is 5.91 Å². The monoisotopic (exact) mass is 382 g/mol. The number of rotatable bonds is 8. The van der Waals surface area contributed by atoms with E-state index in [-0.39, 0.29) is 5.91 Å². The van der Waals surface area contributed by atoms with Crippen molar-refractivity contribution in [1.82, 2.24) is 5.32 Å². The SMILES string of the molecule is CO/N=C(/C(=O)NCCc1ccc(OC)c(OC)c1)c1ccc2c(c1)CCC2. The number of nitrogens with zero attached hydrogens (tertiary/aromatic N) is 1. The summed E-state index contributed by atoms with van der Waals surface area (Å²) in [5, 5.41) is 6.89. The molecule has 0 saturated heterocycles. The second-order valence-electron chi connectivity index (χ2n) is 6.65. The standard InChI is InChI=1S/C22H26N2O4/c1-26-19-10-7-15(13-20(19)27-2)11-12-23-22(25)21(24-28-3)18-9-8-16-5-4-6-17(16)14-18/h7-10,13-14H,4-6,11-12H2,1-3H3,(H,23,25)/b24-21+. The fourth-order valence-electron chi connectivity index (χ4n) is 3.48. The average Bonchev–Trinajstić information content (AvgIpc) is 3.19. The van der Waals surface area contributed by atoms with Crippen molar-refractivity contribution in [2.45, 2.75) is 25.7 Å². The Hall–Kier alpha value is -3.02. The van der Waals surface area contributed by atoms with Crippen molar-refractivity contribution in [3.8, 4) is 11.5 Å². The summed E-state index contributed by atoms with van der Waals surface area (Å²) in [6.45, 7) is 0.474. The summed E-state index contributed by atoms with van der Waals surface area (Å²) in [7, 11) is 4.66. The molecule has 2 aromatic carbocycles. The van der Waals surface area contributed by atoms with Crippen LogP contribution in [-0.4, -0.2) is 39.5 Å². The van der Waals surface area contributed by atoms with Crippen LogP contribution in [0.3, 0.4) is 0 Å². The minimum Gasteiger partial charge on any atom is -0.493 e. The van der Waals surface area contributed by atoms with E-state index in [1.165, 1.54) is 18.2 Å². The molecule has 0 aliphatic heterocycles. The van der Waals surface area contributed by atoms with E-state index in [0.717, 1.165) is 30.4 Å². The molecule has 2 aromatic rings. The number of hydrogen-bond donors (Lipinski definition) is 1. The van der Waals surface area contributed by atoms with Crippen LogP contribution in [0.15, 0.2) is 41.6 Å². The summed E-state index contributed by atoms with van der Waals surface area (Å²) in [5.41, 5.74) is 4.77. The highest BCUT2D eigenvalue weighted by Gasteiger charge is 2.18. The second kappa shape index (κ2) is 9.26. The molecule has 0 atom stereocenters. The maximum absolute atomic E-state index is 12.7. The first kappa shape index (κ1) is 19.7. The summed E-state index contributed by atoms with van der Waals surface area (Å²) in [6, 6.07) is 11.8. The van der Waals surface area contributed by atoms with E-state index >= 15 is 0 Å². The summed E-state index contributed by atoms with van der Waals surface area (Å²) in [6.07, 6.45) is 3.97. The minimum atomic E-state index is -0.250. The third kappa shape index (κ3) is 4.44. The van der Waals surface area contributed by atoms with Crippen molar-refractivity contribution >= 4 is 11.6 Å². The van der Waals surface area contributed by atoms with Gasteiger partial charge in [-0.25, -0.2) is 0 Å². The van der Waals surface area contributed by atoms with E-state index in [2.05, 4.69) is 16.5 Å². The molecule has 0 fully saturated rings. The molecule has 3 rings (SSSR count). The molecule has 0 bridgehead atoms. The van der Waals surface area contributed by atoms with Crippen LogP contribution < -0.4 is 14.8 Å². The molecule has 28 heavy (non-hydrogen) atoms. The number of carbonyl (C=O) groups is 1. The number of aryl methyl sites for hydroxylation is 2. The van der Waals surface area contributed by atoms with Gasteiger partial charge in [-0.05, 0) is 60.6 Å². The van der Waals surface area contributed by atoms with Crippen molar-refractivity contribution in [2.24, 2.45) is 5.16 Å². The van der Waals surface area contributed by atoms with Crippen LogP contribution in [0.5, 0.6) is 11.5 Å². The van der Waals surface area contributed by atoms with Gasteiger partial charge >= 0.3 is 0 Å². The molecule has 0 heterocycles. The first-order valence-electron chi connectivity index (χ1n) is 9.38. The molecule has 0 spiro atoms. The lowest BCUT2D eigenvalue weighted by Gasteiger charge is -2.11. The van der Waals surface area contributed by atoms with Gasteiger partial charge in [0.05, 0.1) is 14.2 Å². The van der Waals surface area contributed by atoms with Crippen LogP contribution in [0.2, 0.25) is 0 Å². The Labute approximate surface area is 165 Å². The largest absolute Gasteiger partial charge is 0.493 e. The van der Waals surface area contributed by atoms with Gasteiger partial charge < -0.3 is 19.6 Å². The van der Waals surface area contributed by atoms with Crippen molar-refractivity contribution in [2.75, 3.05) is 27.9 Å². The predicted molar refractivity (Wildman–Crippen MR) is 108 cm³/mol. The van der Waals surface area contributed by atoms with Crippen LogP contribution in [0.1, 0.15) is 28.7 Å². The number of nitrogens with one attached hydrogen (secondary N) is 1. The number of amides is 1. The lowest BCUT2D eigenvalue weighted by Crippen LogP contribution is -2.33. The first-order chi connectivity index (χ1) is 13.7. The van der Waals surface area contributed by atoms with Crippen LogP contribution in [0, 0.1) is 0 Å². The Balaban J connectivity index is 1.64. The third-order valence-corrected chi connectivity index (χ3v) is 4.92. The highest BCUT2D eigenvalue weighted by molar-refractivity contribution is 6.45. The average molecular weight is 382 g/mol. The van der Waals surface area contributed by atoms with E-state index in [0.29, 0.717) is 30.2 Å². The fraction of sp³-hybridized carbons (Fsp3) is 0.364. The lowest BCUT2D eigenvalue weighted by molar-refractivity contribution is -0.114. The summed E-state index contributed by atoms with van der Waals surface area (Å²) in [5.74, 6) is 1.10. The Morgan fingerprint density at radius 2 is 1.79 bits per heavy atom. The smallest absolute Gasteiger partial charge is 0.273 e. The number of ether oxygens (including phenoxy) is 2. The Morgan fingerprint density at radius 1 is 1.00 bits per heavy atom. The van der Waals surface area contributed by atoms with Crippen molar-refractivity contribution in [1.29, 1.82) is 0 Å². The molecule has 6 heteroatoms. The van der Waals surface area contributed by atoms with E-state index < -0.39 is 0 Å². The third-order valence-electron chi connectivity index (χ3n) is 4.92. The lowest BCUT2D eigenvalue weighted by atomic mass is 10.0. The fourth-order valence-corrected chi connectivity index (χ4v) is 3.48. The van der Waals surface area contributed by atoms with Gasteiger partial charge in [-0.2, -0.15) is 0 Å². The maximum atomic E-state index is 12.7. The van der Waals surface area contributed by atoms with Gasteiger partial charge in [0.2, 0.25) is 0 Å². The van der Waals surface area contributed by atoms with Crippen LogP contribution in [0.4, 0.5) is 0 Å². The van der Waals surface area contributed by atoms with Gasteiger partial charge in [-0.1, -0.05) is 23.4 Å². The molecule has 6 nitrogen and oxygen atoms in total. The summed E-state index contributed by atoms with van der Waals surface area (Å²) < 4.78 is 10.6. The maximum Gasteiger partial charge on any atom is 0.273 e. The van der Waals surface area contributed by atoms with Gasteiger partial charge in [0.1, 0.15) is 7.11 Å². The minimum absolute atomic E-state index is 0.250. The summed E-state index contributed by atoms with van der Waals surface area (Å²) in [4.78, 5) is 17.6. The molecule has 1 aliphatic rings. The Bertz CT molecular complexity index is 877. The number of hydrogen-bond acceptors (Lipinski definition) is 5. The summed E-state index contributed by atoms with van der Waals surface area (Å²) >= 11 is 0. The number of methoxy groups -OCH3 is 2. The zero-order valence-corrected chi connectivity index (χ0v) is 16.6. The van der Waals surface area contributed by atoms with Crippen LogP contribution in [0.25, 0.3) is 0 Å². The molecule has 0 radical (unpaired) electrons. The Morgan fingerprint density at radius 3 is 2.54 bits per heavy atom. The van der Waals surface area contributed by atoms with E-state index in [1.807, 2.05) is 30.3 Å². The second-order valence-corrected chi connectivity index (χ2v) is 6.65. The van der Waals surface area contributed by atoms with Crippen molar-refractivity contribution < 1.29 is 19.1 Å². The molecule has 148 valence electrons. The molecular weight excluding hydrogens is 356 g/mol. The van der Waals surface area contributed by atoms with Crippen molar-refractivity contribution in [3.05, 3.63) is 58.7 Å². The van der Waals surface area contributed by atoms with E-state index in [9.17, 15) is 4.79 Å². The quantitative estimate of drug-likeness (QED) is 0.563. The predicted octanol–water partition coefficient (Wildman–Crippen LogP) is 2.90. The Kier molecular flexibility index (Phi) is 6.53. The number of carbonyl (C=O) groups excluding carboxylic acids is 1. The molecule has 1 aliphatic carbocycles. The molecule has 1 N–H and O–H groups in total. The first-order valence-corrected chi connectivity index (χ1v) is 9.38. The number of fused-ring (bicyclic) bond motifs is 1. The van der Waals surface area contributed by atoms with Crippen molar-refractivity contribution in [3.63, 3.8) is 0 Å². The van der Waals surface area contributed by atoms with E-state index in [1.54, 1.807) is 14.2 Å². The van der Waals surface area contributed by atoms with Crippen LogP contribution >= 0.6 is 0 Å². The van der Waals surface area contributed by atoms with Gasteiger partial charge in [-0.15, -0.1) is 0 Å². The molecular formula is C22H26N2O4. The molecule has 0 aromatic heterocycles. The van der Waals surface area contributed by atoms with Gasteiger partial charge in [0, 0.05) is 12.1 Å². The normalized spacial score (nSPS) is 13.0. The topological polar surface area (TPSA) is 69.2 Å². The highest BCUT2D eigenvalue weighted by Crippen LogP contribution is 2.27. The highest BCUT2D eigenvalue weighted by atomic mass is 16.6. The van der Waals surface area contributed by atoms with Gasteiger partial charge in [0.15, 0.2) is 17.2 Å².